The first-order chi connectivity index (χ1) is 20.0. The minimum Gasteiger partial charge on any atom is -0.508 e. The lowest BCUT2D eigenvalue weighted by molar-refractivity contribution is -0.0822. The van der Waals surface area contributed by atoms with Gasteiger partial charge in [0.1, 0.15) is 5.75 Å². The number of aromatic hydroxyl groups is 1. The predicted molar refractivity (Wildman–Crippen MR) is 167 cm³/mol. The second-order valence-corrected chi connectivity index (χ2v) is 16.8. The first-order valence-corrected chi connectivity index (χ1v) is 17.5. The standard InChI is InChI=1S/C38H56O4/c1-25-21-37(18-13-27(22-37)14-19-38(41)16-5-7-30(40)23-38)34-36(3,42-34)17-15-33-31(25)24-35(33,2)32-8-4-6-28(32)20-26-9-11-29(39)12-10-26/h9-12,27-28,30-34,39-41H,1,4-8,13-24H2,2-3H3/t27-,28+,30+,31+,32+,33-,34+,35+,36+,37+,38-/m0/s1. The van der Waals surface area contributed by atoms with Crippen molar-refractivity contribution < 1.29 is 20.1 Å². The molecule has 0 bridgehead atoms. The van der Waals surface area contributed by atoms with E-state index in [1.54, 1.807) is 0 Å². The molecule has 1 aromatic carbocycles. The molecule has 5 aliphatic carbocycles. The predicted octanol–water partition coefficient (Wildman–Crippen LogP) is 8.12. The van der Waals surface area contributed by atoms with Gasteiger partial charge in [-0.2, -0.15) is 0 Å². The van der Waals surface area contributed by atoms with Crippen LogP contribution in [0.2, 0.25) is 0 Å². The van der Waals surface area contributed by atoms with Crippen molar-refractivity contribution in [1.29, 1.82) is 0 Å². The number of benzene rings is 1. The molecular formula is C38H56O4. The van der Waals surface area contributed by atoms with Crippen molar-refractivity contribution in [2.45, 2.75) is 146 Å². The van der Waals surface area contributed by atoms with Crippen LogP contribution in [0.25, 0.3) is 0 Å². The molecule has 1 spiro atoms. The minimum atomic E-state index is -0.663. The average molecular weight is 577 g/mol. The molecule has 232 valence electrons. The van der Waals surface area contributed by atoms with Gasteiger partial charge in [-0.25, -0.2) is 0 Å². The zero-order chi connectivity index (χ0) is 29.3. The van der Waals surface area contributed by atoms with Gasteiger partial charge in [0.15, 0.2) is 0 Å². The summed E-state index contributed by atoms with van der Waals surface area (Å²) < 4.78 is 6.71. The maximum absolute atomic E-state index is 11.2. The normalized spacial score (nSPS) is 48.6. The number of aliphatic hydroxyl groups is 2. The summed E-state index contributed by atoms with van der Waals surface area (Å²) in [5, 5.41) is 31.1. The van der Waals surface area contributed by atoms with Gasteiger partial charge in [-0.3, -0.25) is 0 Å². The number of hydrogen-bond acceptors (Lipinski definition) is 4. The van der Waals surface area contributed by atoms with Gasteiger partial charge in [-0.15, -0.1) is 0 Å². The van der Waals surface area contributed by atoms with Crippen molar-refractivity contribution in [2.24, 2.45) is 40.4 Å². The monoisotopic (exact) mass is 576 g/mol. The lowest BCUT2D eigenvalue weighted by atomic mass is 9.45. The molecule has 1 saturated heterocycles. The summed E-state index contributed by atoms with van der Waals surface area (Å²) in [4.78, 5) is 0. The van der Waals surface area contributed by atoms with Crippen LogP contribution in [0, 0.1) is 40.4 Å². The van der Waals surface area contributed by atoms with Crippen LogP contribution in [0.4, 0.5) is 0 Å². The van der Waals surface area contributed by atoms with Crippen molar-refractivity contribution in [3.63, 3.8) is 0 Å². The lowest BCUT2D eigenvalue weighted by Crippen LogP contribution is -2.52. The van der Waals surface area contributed by atoms with Gasteiger partial charge in [0.05, 0.1) is 23.4 Å². The molecular weight excluding hydrogens is 520 g/mol. The summed E-state index contributed by atoms with van der Waals surface area (Å²) in [6.07, 6.45) is 18.9. The summed E-state index contributed by atoms with van der Waals surface area (Å²) >= 11 is 0. The van der Waals surface area contributed by atoms with Crippen molar-refractivity contribution >= 4 is 0 Å². The molecule has 4 nitrogen and oxygen atoms in total. The summed E-state index contributed by atoms with van der Waals surface area (Å²) in [5.74, 6) is 3.91. The van der Waals surface area contributed by atoms with Crippen LogP contribution in [0.15, 0.2) is 36.4 Å². The summed E-state index contributed by atoms with van der Waals surface area (Å²) in [7, 11) is 0. The van der Waals surface area contributed by atoms with Crippen LogP contribution < -0.4 is 0 Å². The molecule has 1 aliphatic heterocycles. The van der Waals surface area contributed by atoms with Crippen molar-refractivity contribution in [3.05, 3.63) is 42.0 Å². The van der Waals surface area contributed by atoms with E-state index >= 15 is 0 Å². The quantitative estimate of drug-likeness (QED) is 0.236. The minimum absolute atomic E-state index is 0.0212. The van der Waals surface area contributed by atoms with Crippen molar-refractivity contribution in [2.75, 3.05) is 0 Å². The van der Waals surface area contributed by atoms with Crippen LogP contribution in [0.3, 0.4) is 0 Å². The van der Waals surface area contributed by atoms with E-state index in [2.05, 4.69) is 26.0 Å². The first kappa shape index (κ1) is 29.4. The zero-order valence-corrected chi connectivity index (χ0v) is 26.3. The van der Waals surface area contributed by atoms with Crippen LogP contribution in [0.5, 0.6) is 5.75 Å². The van der Waals surface area contributed by atoms with Crippen LogP contribution >= 0.6 is 0 Å². The molecule has 5 saturated carbocycles. The smallest absolute Gasteiger partial charge is 0.115 e. The van der Waals surface area contributed by atoms with Crippen molar-refractivity contribution in [3.8, 4) is 5.75 Å². The molecule has 0 aromatic heterocycles. The molecule has 6 aliphatic rings. The van der Waals surface area contributed by atoms with E-state index in [9.17, 15) is 15.3 Å². The molecule has 1 aromatic rings. The fourth-order valence-electron chi connectivity index (χ4n) is 11.8. The van der Waals surface area contributed by atoms with E-state index < -0.39 is 5.60 Å². The Hall–Kier alpha value is -1.36. The summed E-state index contributed by atoms with van der Waals surface area (Å²) in [6.45, 7) is 9.87. The average Bonchev–Trinajstić information content (AvgIpc) is 3.24. The third kappa shape index (κ3) is 5.20. The van der Waals surface area contributed by atoms with E-state index in [-0.39, 0.29) is 17.1 Å². The number of aliphatic hydroxyl groups excluding tert-OH is 1. The van der Waals surface area contributed by atoms with Crippen LogP contribution in [-0.2, 0) is 11.2 Å². The maximum atomic E-state index is 11.2. The Bertz CT molecular complexity index is 1160. The van der Waals surface area contributed by atoms with Gasteiger partial charge in [-0.05, 0) is 156 Å². The van der Waals surface area contributed by atoms with Gasteiger partial charge in [0, 0.05) is 11.8 Å². The van der Waals surface area contributed by atoms with Gasteiger partial charge >= 0.3 is 0 Å². The lowest BCUT2D eigenvalue weighted by Gasteiger charge is -2.59. The Balaban J connectivity index is 1.03. The highest BCUT2D eigenvalue weighted by molar-refractivity contribution is 5.27. The Labute approximate surface area is 254 Å². The number of ether oxygens (including phenoxy) is 1. The molecule has 7 rings (SSSR count). The molecule has 3 N–H and O–H groups in total. The summed E-state index contributed by atoms with van der Waals surface area (Å²) in [5.41, 5.74) is 2.86. The fourth-order valence-corrected chi connectivity index (χ4v) is 11.8. The fraction of sp³-hybridized carbons (Fsp3) is 0.789. The number of rotatable bonds is 6. The number of phenolic OH excluding ortho intramolecular Hbond substituents is 1. The highest BCUT2D eigenvalue weighted by atomic mass is 16.6. The van der Waals surface area contributed by atoms with Crippen molar-refractivity contribution in [1.82, 2.24) is 0 Å². The number of allylic oxidation sites excluding steroid dienone is 1. The Morgan fingerprint density at radius 1 is 0.905 bits per heavy atom. The van der Waals surface area contributed by atoms with Gasteiger partial charge < -0.3 is 20.1 Å². The Morgan fingerprint density at radius 2 is 1.71 bits per heavy atom. The highest BCUT2D eigenvalue weighted by Gasteiger charge is 2.67. The molecule has 0 radical (unpaired) electrons. The van der Waals surface area contributed by atoms with Gasteiger partial charge in [-0.1, -0.05) is 37.6 Å². The first-order valence-electron chi connectivity index (χ1n) is 17.5. The molecule has 42 heavy (non-hydrogen) atoms. The molecule has 1 heterocycles. The number of phenols is 1. The highest BCUT2D eigenvalue weighted by Crippen LogP contribution is 2.69. The van der Waals surface area contributed by atoms with Crippen LogP contribution in [0.1, 0.15) is 122 Å². The molecule has 11 atom stereocenters. The van der Waals surface area contributed by atoms with E-state index in [1.807, 2.05) is 12.1 Å². The van der Waals surface area contributed by atoms with E-state index in [1.165, 1.54) is 68.9 Å². The number of hydrogen-bond donors (Lipinski definition) is 3. The molecule has 0 amide bonds. The molecule has 4 heteroatoms. The maximum Gasteiger partial charge on any atom is 0.115 e. The SMILES string of the molecule is C=C1C[C@@]2(CC[C@@H](CC[C@@]3(O)CCC[C@@H](O)C3)C2)[C@@H]2O[C@]2(C)CC[C@H]2[C@@H]1C[C@]2(C)[C@@H]1CCC[C@@H]1Cc1ccc(O)cc1. The summed E-state index contributed by atoms with van der Waals surface area (Å²) in [6, 6.07) is 7.94. The second kappa shape index (κ2) is 10.6. The van der Waals surface area contributed by atoms with E-state index in [4.69, 9.17) is 11.3 Å². The second-order valence-electron chi connectivity index (χ2n) is 16.8. The number of epoxide rings is 1. The van der Waals surface area contributed by atoms with E-state index in [0.717, 1.165) is 62.7 Å². The third-order valence-electron chi connectivity index (χ3n) is 14.0. The topological polar surface area (TPSA) is 73.2 Å². The molecule has 6 fully saturated rings. The zero-order valence-electron chi connectivity index (χ0n) is 26.3. The van der Waals surface area contributed by atoms with Gasteiger partial charge in [0.25, 0.3) is 0 Å². The third-order valence-corrected chi connectivity index (χ3v) is 14.0. The molecule has 0 unspecified atom stereocenters. The van der Waals surface area contributed by atoms with Crippen LogP contribution in [-0.4, -0.2) is 38.7 Å². The largest absolute Gasteiger partial charge is 0.508 e. The number of fused-ring (bicyclic) bond motifs is 3. The Morgan fingerprint density at radius 3 is 2.50 bits per heavy atom. The Kier molecular flexibility index (Phi) is 7.43. The van der Waals surface area contributed by atoms with Gasteiger partial charge in [0.2, 0.25) is 0 Å². The van der Waals surface area contributed by atoms with E-state index in [0.29, 0.717) is 35.5 Å².